The summed E-state index contributed by atoms with van der Waals surface area (Å²) in [6.07, 6.45) is 2.16. The number of aryl methyl sites for hydroxylation is 1. The first kappa shape index (κ1) is 14.4. The van der Waals surface area contributed by atoms with Crippen molar-refractivity contribution < 1.29 is 13.9 Å². The smallest absolute Gasteiger partial charge is 0.257 e. The fraction of sp³-hybridized carbons (Fsp3) is 0.643. The minimum absolute atomic E-state index is 0.00269. The van der Waals surface area contributed by atoms with Gasteiger partial charge in [-0.3, -0.25) is 4.79 Å². The standard InChI is InChI=1S/C14H20ClNO3/c1-4-12-11(5-6-18-12)13(17)16-8-10(7-15)19-14(2,3)9-16/h5-6,10H,4,7-9H2,1-3H3. The molecule has 0 aromatic carbocycles. The van der Waals surface area contributed by atoms with Crippen molar-refractivity contribution in [1.82, 2.24) is 4.90 Å². The maximum Gasteiger partial charge on any atom is 0.257 e. The summed E-state index contributed by atoms with van der Waals surface area (Å²) in [6, 6.07) is 1.74. The van der Waals surface area contributed by atoms with E-state index in [0.29, 0.717) is 31.0 Å². The van der Waals surface area contributed by atoms with Crippen LogP contribution in [0.1, 0.15) is 36.9 Å². The van der Waals surface area contributed by atoms with Crippen molar-refractivity contribution in [2.24, 2.45) is 0 Å². The van der Waals surface area contributed by atoms with Gasteiger partial charge in [-0.25, -0.2) is 0 Å². The van der Waals surface area contributed by atoms with Crippen LogP contribution in [0.3, 0.4) is 0 Å². The Balaban J connectivity index is 2.18. The average molecular weight is 286 g/mol. The monoisotopic (exact) mass is 285 g/mol. The quantitative estimate of drug-likeness (QED) is 0.802. The summed E-state index contributed by atoms with van der Waals surface area (Å²) in [7, 11) is 0. The van der Waals surface area contributed by atoms with Crippen molar-refractivity contribution in [2.45, 2.75) is 38.9 Å². The second-order valence-electron chi connectivity index (χ2n) is 5.45. The normalized spacial score (nSPS) is 22.5. The van der Waals surface area contributed by atoms with Crippen molar-refractivity contribution in [3.8, 4) is 0 Å². The Morgan fingerprint density at radius 1 is 1.58 bits per heavy atom. The van der Waals surface area contributed by atoms with Crippen LogP contribution in [0.15, 0.2) is 16.7 Å². The topological polar surface area (TPSA) is 42.7 Å². The van der Waals surface area contributed by atoms with Crippen LogP contribution in [-0.4, -0.2) is 41.5 Å². The predicted molar refractivity (Wildman–Crippen MR) is 73.7 cm³/mol. The van der Waals surface area contributed by atoms with E-state index in [1.165, 1.54) is 0 Å². The number of carbonyl (C=O) groups is 1. The largest absolute Gasteiger partial charge is 0.469 e. The Hall–Kier alpha value is -1.00. The molecule has 5 heteroatoms. The molecule has 1 atom stereocenters. The SMILES string of the molecule is CCc1occc1C(=O)N1CC(CCl)OC(C)(C)C1. The molecular formula is C14H20ClNO3. The lowest BCUT2D eigenvalue weighted by molar-refractivity contribution is -0.117. The van der Waals surface area contributed by atoms with E-state index in [1.54, 1.807) is 17.2 Å². The van der Waals surface area contributed by atoms with E-state index in [-0.39, 0.29) is 17.6 Å². The average Bonchev–Trinajstić information content (AvgIpc) is 2.84. The molecule has 2 rings (SSSR count). The molecule has 19 heavy (non-hydrogen) atoms. The van der Waals surface area contributed by atoms with Gasteiger partial charge in [0, 0.05) is 19.5 Å². The van der Waals surface area contributed by atoms with E-state index < -0.39 is 0 Å². The molecule has 1 fully saturated rings. The number of nitrogens with zero attached hydrogens (tertiary/aromatic N) is 1. The van der Waals surface area contributed by atoms with Crippen molar-refractivity contribution in [2.75, 3.05) is 19.0 Å². The molecule has 0 radical (unpaired) electrons. The Kier molecular flexibility index (Phi) is 4.21. The Morgan fingerprint density at radius 2 is 2.32 bits per heavy atom. The maximum absolute atomic E-state index is 12.6. The van der Waals surface area contributed by atoms with Crippen LogP contribution >= 0.6 is 11.6 Å². The first-order chi connectivity index (χ1) is 8.96. The fourth-order valence-electron chi connectivity index (χ4n) is 2.51. The summed E-state index contributed by atoms with van der Waals surface area (Å²) in [5.74, 6) is 1.12. The number of amides is 1. The van der Waals surface area contributed by atoms with Gasteiger partial charge in [0.25, 0.3) is 5.91 Å². The van der Waals surface area contributed by atoms with Crippen LogP contribution in [0.5, 0.6) is 0 Å². The molecule has 0 N–H and O–H groups in total. The van der Waals surface area contributed by atoms with E-state index in [4.69, 9.17) is 20.8 Å². The zero-order chi connectivity index (χ0) is 14.0. The first-order valence-corrected chi connectivity index (χ1v) is 7.09. The van der Waals surface area contributed by atoms with Gasteiger partial charge < -0.3 is 14.1 Å². The molecule has 0 aliphatic carbocycles. The number of halogens is 1. The molecule has 1 aromatic heterocycles. The number of furan rings is 1. The lowest BCUT2D eigenvalue weighted by atomic mass is 10.0. The van der Waals surface area contributed by atoms with Crippen LogP contribution < -0.4 is 0 Å². The molecule has 4 nitrogen and oxygen atoms in total. The number of ether oxygens (including phenoxy) is 1. The van der Waals surface area contributed by atoms with Crippen LogP contribution in [0, 0.1) is 0 Å². The van der Waals surface area contributed by atoms with Gasteiger partial charge >= 0.3 is 0 Å². The van der Waals surface area contributed by atoms with E-state index in [1.807, 2.05) is 20.8 Å². The van der Waals surface area contributed by atoms with E-state index >= 15 is 0 Å². The Labute approximate surface area is 118 Å². The molecule has 0 saturated carbocycles. The molecule has 1 aliphatic rings. The summed E-state index contributed by atoms with van der Waals surface area (Å²) >= 11 is 5.88. The van der Waals surface area contributed by atoms with Gasteiger partial charge in [0.15, 0.2) is 0 Å². The van der Waals surface area contributed by atoms with Gasteiger partial charge in [0.2, 0.25) is 0 Å². The molecule has 1 amide bonds. The summed E-state index contributed by atoms with van der Waals surface area (Å²) in [4.78, 5) is 14.4. The third kappa shape index (κ3) is 3.12. The highest BCUT2D eigenvalue weighted by molar-refractivity contribution is 6.18. The van der Waals surface area contributed by atoms with E-state index in [9.17, 15) is 4.79 Å². The van der Waals surface area contributed by atoms with Crippen LogP contribution in [0.2, 0.25) is 0 Å². The van der Waals surface area contributed by atoms with Crippen molar-refractivity contribution in [3.05, 3.63) is 23.7 Å². The number of hydrogen-bond donors (Lipinski definition) is 0. The molecule has 0 spiro atoms. The summed E-state index contributed by atoms with van der Waals surface area (Å²) in [5.41, 5.74) is 0.275. The zero-order valence-corrected chi connectivity index (χ0v) is 12.4. The highest BCUT2D eigenvalue weighted by atomic mass is 35.5. The number of hydrogen-bond acceptors (Lipinski definition) is 3. The van der Waals surface area contributed by atoms with Gasteiger partial charge in [0.1, 0.15) is 5.76 Å². The fourth-order valence-corrected chi connectivity index (χ4v) is 2.67. The van der Waals surface area contributed by atoms with Crippen molar-refractivity contribution in [3.63, 3.8) is 0 Å². The third-order valence-corrected chi connectivity index (χ3v) is 3.58. The second kappa shape index (κ2) is 5.55. The van der Waals surface area contributed by atoms with Gasteiger partial charge in [-0.1, -0.05) is 6.92 Å². The molecule has 0 bridgehead atoms. The number of morpholine rings is 1. The van der Waals surface area contributed by atoms with E-state index in [2.05, 4.69) is 0 Å². The summed E-state index contributed by atoms with van der Waals surface area (Å²) in [6.45, 7) is 7.01. The summed E-state index contributed by atoms with van der Waals surface area (Å²) < 4.78 is 11.2. The van der Waals surface area contributed by atoms with E-state index in [0.717, 1.165) is 5.76 Å². The molecule has 1 aliphatic heterocycles. The highest BCUT2D eigenvalue weighted by Gasteiger charge is 2.36. The predicted octanol–water partition coefficient (Wildman–Crippen LogP) is 2.70. The van der Waals surface area contributed by atoms with Crippen LogP contribution in [0.25, 0.3) is 0 Å². The van der Waals surface area contributed by atoms with Crippen LogP contribution in [-0.2, 0) is 11.2 Å². The molecule has 2 heterocycles. The van der Waals surface area contributed by atoms with Crippen LogP contribution in [0.4, 0.5) is 0 Å². The van der Waals surface area contributed by atoms with Gasteiger partial charge in [-0.15, -0.1) is 11.6 Å². The molecular weight excluding hydrogens is 266 g/mol. The molecule has 106 valence electrons. The first-order valence-electron chi connectivity index (χ1n) is 6.56. The third-order valence-electron chi connectivity index (χ3n) is 3.24. The second-order valence-corrected chi connectivity index (χ2v) is 5.76. The molecule has 1 saturated heterocycles. The minimum atomic E-state index is -0.371. The Bertz CT molecular complexity index is 455. The van der Waals surface area contributed by atoms with Crippen molar-refractivity contribution in [1.29, 1.82) is 0 Å². The minimum Gasteiger partial charge on any atom is -0.469 e. The summed E-state index contributed by atoms with van der Waals surface area (Å²) in [5, 5.41) is 0. The number of carbonyl (C=O) groups excluding carboxylic acids is 1. The lowest BCUT2D eigenvalue weighted by Crippen LogP contribution is -2.55. The van der Waals surface area contributed by atoms with Gasteiger partial charge in [0.05, 0.1) is 29.4 Å². The van der Waals surface area contributed by atoms with Gasteiger partial charge in [-0.2, -0.15) is 0 Å². The number of rotatable bonds is 3. The van der Waals surface area contributed by atoms with Crippen molar-refractivity contribution >= 4 is 17.5 Å². The highest BCUT2D eigenvalue weighted by Crippen LogP contribution is 2.24. The lowest BCUT2D eigenvalue weighted by Gasteiger charge is -2.42. The Morgan fingerprint density at radius 3 is 2.95 bits per heavy atom. The zero-order valence-electron chi connectivity index (χ0n) is 11.6. The molecule has 1 aromatic rings. The number of alkyl halides is 1. The maximum atomic E-state index is 12.6. The van der Waals surface area contributed by atoms with Gasteiger partial charge in [-0.05, 0) is 19.9 Å². The molecule has 1 unspecified atom stereocenters.